The Balaban J connectivity index is 2.34. The molecule has 0 fully saturated rings. The first-order valence-electron chi connectivity index (χ1n) is 5.44. The maximum absolute atomic E-state index is 5.87. The van der Waals surface area contributed by atoms with Gasteiger partial charge in [-0.2, -0.15) is 0 Å². The predicted molar refractivity (Wildman–Crippen MR) is 76.1 cm³/mol. The summed E-state index contributed by atoms with van der Waals surface area (Å²) in [6.07, 6.45) is 1.69. The Kier molecular flexibility index (Phi) is 3.06. The van der Waals surface area contributed by atoms with Crippen LogP contribution in [0.3, 0.4) is 0 Å². The number of nitrogens with zero attached hydrogens (tertiary/aromatic N) is 3. The van der Waals surface area contributed by atoms with Gasteiger partial charge in [0.25, 0.3) is 0 Å². The van der Waals surface area contributed by atoms with Gasteiger partial charge in [-0.25, -0.2) is 0 Å². The minimum absolute atomic E-state index is 0.338. The quantitative estimate of drug-likeness (QED) is 0.669. The van der Waals surface area contributed by atoms with Gasteiger partial charge in [-0.15, -0.1) is 21.8 Å². The summed E-state index contributed by atoms with van der Waals surface area (Å²) >= 11 is 9.44. The van der Waals surface area contributed by atoms with E-state index in [9.17, 15) is 0 Å². The Labute approximate surface area is 118 Å². The third kappa shape index (κ3) is 1.82. The minimum Gasteiger partial charge on any atom is -0.284 e. The highest BCUT2D eigenvalue weighted by atomic mass is 79.9. The summed E-state index contributed by atoms with van der Waals surface area (Å²) in [7, 11) is 0. The summed E-state index contributed by atoms with van der Waals surface area (Å²) in [6, 6.07) is 12.2. The Hall–Kier alpha value is -1.39. The number of rotatable bonds is 2. The predicted octanol–water partition coefficient (Wildman–Crippen LogP) is 3.92. The molecule has 1 aromatic heterocycles. The standard InChI is InChI=1S/C13H9BrClN3/c14-11-5-6-12(10-4-2-1-3-9(10)11)18-8-16-17-13(18)7-15/h1-6,8H,7H2. The molecule has 2 aromatic carbocycles. The van der Waals surface area contributed by atoms with Crippen molar-refractivity contribution in [3.63, 3.8) is 0 Å². The topological polar surface area (TPSA) is 30.7 Å². The normalized spacial score (nSPS) is 11.0. The lowest BCUT2D eigenvalue weighted by Crippen LogP contribution is -1.99. The van der Waals surface area contributed by atoms with E-state index in [0.29, 0.717) is 5.88 Å². The summed E-state index contributed by atoms with van der Waals surface area (Å²) in [5, 5.41) is 10.2. The molecule has 18 heavy (non-hydrogen) atoms. The summed E-state index contributed by atoms with van der Waals surface area (Å²) in [5.74, 6) is 1.08. The van der Waals surface area contributed by atoms with Gasteiger partial charge in [0.05, 0.1) is 11.6 Å². The van der Waals surface area contributed by atoms with Gasteiger partial charge in [-0.05, 0) is 17.5 Å². The van der Waals surface area contributed by atoms with Gasteiger partial charge >= 0.3 is 0 Å². The first-order chi connectivity index (χ1) is 8.81. The monoisotopic (exact) mass is 321 g/mol. The average molecular weight is 323 g/mol. The van der Waals surface area contributed by atoms with Crippen LogP contribution in [0, 0.1) is 0 Å². The zero-order valence-corrected chi connectivity index (χ0v) is 11.7. The lowest BCUT2D eigenvalue weighted by molar-refractivity contribution is 0.957. The van der Waals surface area contributed by atoms with Crippen molar-refractivity contribution in [3.8, 4) is 5.69 Å². The fraction of sp³-hybridized carbons (Fsp3) is 0.0769. The van der Waals surface area contributed by atoms with Gasteiger partial charge in [0, 0.05) is 9.86 Å². The summed E-state index contributed by atoms with van der Waals surface area (Å²) < 4.78 is 2.99. The largest absolute Gasteiger partial charge is 0.284 e. The lowest BCUT2D eigenvalue weighted by Gasteiger charge is -2.10. The molecule has 0 spiro atoms. The Morgan fingerprint density at radius 3 is 2.67 bits per heavy atom. The molecule has 0 N–H and O–H groups in total. The van der Waals surface area contributed by atoms with Gasteiger partial charge in [0.1, 0.15) is 6.33 Å². The highest BCUT2D eigenvalue weighted by molar-refractivity contribution is 9.10. The third-order valence-electron chi connectivity index (χ3n) is 2.85. The number of fused-ring (bicyclic) bond motifs is 1. The van der Waals surface area contributed by atoms with E-state index >= 15 is 0 Å². The fourth-order valence-corrected chi connectivity index (χ4v) is 2.67. The first-order valence-corrected chi connectivity index (χ1v) is 6.76. The van der Waals surface area contributed by atoms with E-state index in [1.807, 2.05) is 28.8 Å². The fourth-order valence-electron chi connectivity index (χ4n) is 2.01. The average Bonchev–Trinajstić information content (AvgIpc) is 2.88. The molecule has 1 heterocycles. The summed E-state index contributed by atoms with van der Waals surface area (Å²) in [4.78, 5) is 0. The van der Waals surface area contributed by atoms with Crippen LogP contribution in [0.5, 0.6) is 0 Å². The van der Waals surface area contributed by atoms with E-state index in [-0.39, 0.29) is 0 Å². The lowest BCUT2D eigenvalue weighted by atomic mass is 10.1. The van der Waals surface area contributed by atoms with E-state index in [2.05, 4.69) is 38.3 Å². The molecule has 0 saturated carbocycles. The Morgan fingerprint density at radius 1 is 1.11 bits per heavy atom. The molecule has 0 aliphatic carbocycles. The van der Waals surface area contributed by atoms with Crippen molar-refractivity contribution >= 4 is 38.3 Å². The molecule has 0 aliphatic heterocycles. The number of hydrogen-bond acceptors (Lipinski definition) is 2. The number of benzene rings is 2. The maximum atomic E-state index is 5.87. The molecule has 0 saturated heterocycles. The SMILES string of the molecule is ClCc1nncn1-c1ccc(Br)c2ccccc12. The molecule has 0 bridgehead atoms. The molecule has 3 aromatic rings. The van der Waals surface area contributed by atoms with Gasteiger partial charge in [-0.3, -0.25) is 4.57 Å². The van der Waals surface area contributed by atoms with Crippen molar-refractivity contribution in [1.29, 1.82) is 0 Å². The van der Waals surface area contributed by atoms with Gasteiger partial charge in [0.2, 0.25) is 0 Å². The van der Waals surface area contributed by atoms with E-state index in [4.69, 9.17) is 11.6 Å². The molecule has 0 aliphatic rings. The zero-order valence-electron chi connectivity index (χ0n) is 9.35. The third-order valence-corrected chi connectivity index (χ3v) is 3.78. The molecule has 0 atom stereocenters. The molecule has 3 nitrogen and oxygen atoms in total. The van der Waals surface area contributed by atoms with Crippen molar-refractivity contribution in [2.75, 3.05) is 0 Å². The van der Waals surface area contributed by atoms with Crippen molar-refractivity contribution in [2.24, 2.45) is 0 Å². The Bertz CT molecular complexity index is 708. The molecular formula is C13H9BrClN3. The van der Waals surface area contributed by atoms with Crippen LogP contribution in [0.1, 0.15) is 5.82 Å². The van der Waals surface area contributed by atoms with Crippen LogP contribution < -0.4 is 0 Å². The Morgan fingerprint density at radius 2 is 1.89 bits per heavy atom. The van der Waals surface area contributed by atoms with Gasteiger partial charge in [0.15, 0.2) is 5.82 Å². The number of hydrogen-bond donors (Lipinski definition) is 0. The highest BCUT2D eigenvalue weighted by Crippen LogP contribution is 2.29. The van der Waals surface area contributed by atoms with E-state index < -0.39 is 0 Å². The molecule has 5 heteroatoms. The van der Waals surface area contributed by atoms with Gasteiger partial charge in [-0.1, -0.05) is 40.2 Å². The summed E-state index contributed by atoms with van der Waals surface area (Å²) in [5.41, 5.74) is 1.04. The van der Waals surface area contributed by atoms with Crippen LogP contribution in [0.25, 0.3) is 16.5 Å². The molecule has 0 radical (unpaired) electrons. The zero-order chi connectivity index (χ0) is 12.5. The van der Waals surface area contributed by atoms with Crippen LogP contribution in [0.15, 0.2) is 47.2 Å². The molecule has 0 unspecified atom stereocenters. The van der Waals surface area contributed by atoms with E-state index in [1.165, 1.54) is 0 Å². The van der Waals surface area contributed by atoms with Crippen molar-refractivity contribution < 1.29 is 0 Å². The maximum Gasteiger partial charge on any atom is 0.152 e. The second-order valence-electron chi connectivity index (χ2n) is 3.86. The van der Waals surface area contributed by atoms with Crippen LogP contribution in [-0.2, 0) is 5.88 Å². The van der Waals surface area contributed by atoms with Crippen LogP contribution in [0.4, 0.5) is 0 Å². The van der Waals surface area contributed by atoms with Crippen LogP contribution in [-0.4, -0.2) is 14.8 Å². The van der Waals surface area contributed by atoms with Crippen molar-refractivity contribution in [1.82, 2.24) is 14.8 Å². The van der Waals surface area contributed by atoms with Crippen molar-refractivity contribution in [3.05, 3.63) is 53.0 Å². The molecule has 3 rings (SSSR count). The van der Waals surface area contributed by atoms with Crippen molar-refractivity contribution in [2.45, 2.75) is 5.88 Å². The number of alkyl halides is 1. The number of aromatic nitrogens is 3. The van der Waals surface area contributed by atoms with Crippen LogP contribution >= 0.6 is 27.5 Å². The highest BCUT2D eigenvalue weighted by Gasteiger charge is 2.09. The molecule has 90 valence electrons. The smallest absolute Gasteiger partial charge is 0.152 e. The second-order valence-corrected chi connectivity index (χ2v) is 4.98. The van der Waals surface area contributed by atoms with E-state index in [0.717, 1.165) is 26.8 Å². The van der Waals surface area contributed by atoms with Crippen LogP contribution in [0.2, 0.25) is 0 Å². The second kappa shape index (κ2) is 4.71. The van der Waals surface area contributed by atoms with E-state index in [1.54, 1.807) is 6.33 Å². The van der Waals surface area contributed by atoms with Gasteiger partial charge < -0.3 is 0 Å². The number of halogens is 2. The minimum atomic E-state index is 0.338. The molecular weight excluding hydrogens is 314 g/mol. The first kappa shape index (κ1) is 11.7. The molecule has 0 amide bonds. The summed E-state index contributed by atoms with van der Waals surface area (Å²) in [6.45, 7) is 0.